The summed E-state index contributed by atoms with van der Waals surface area (Å²) in [4.78, 5) is 47.7. The summed E-state index contributed by atoms with van der Waals surface area (Å²) in [5.41, 5.74) is 1.53. The van der Waals surface area contributed by atoms with E-state index in [4.69, 9.17) is 0 Å². The van der Waals surface area contributed by atoms with Crippen molar-refractivity contribution < 1.29 is 39.6 Å². The topological polar surface area (TPSA) is 173 Å². The van der Waals surface area contributed by atoms with Gasteiger partial charge in [0, 0.05) is 29.0 Å². The number of phenols is 2. The van der Waals surface area contributed by atoms with Crippen LogP contribution in [0.5, 0.6) is 11.5 Å². The van der Waals surface area contributed by atoms with Crippen molar-refractivity contribution in [2.24, 2.45) is 0 Å². The second-order valence-electron chi connectivity index (χ2n) is 7.88. The number of thioether (sulfide) groups is 1. The van der Waals surface area contributed by atoms with Crippen LogP contribution in [0.4, 0.5) is 0 Å². The number of fused-ring (bicyclic) bond motifs is 5. The molecule has 0 aliphatic carbocycles. The highest BCUT2D eigenvalue weighted by Gasteiger charge is 2.22. The maximum absolute atomic E-state index is 12.3. The van der Waals surface area contributed by atoms with E-state index in [1.54, 1.807) is 12.1 Å². The van der Waals surface area contributed by atoms with Gasteiger partial charge in [0.15, 0.2) is 0 Å². The second-order valence-corrected chi connectivity index (χ2v) is 9.03. The number of phenolic OH excluding ortho intramolecular Hbond substituents is 2. The third-order valence-corrected chi connectivity index (χ3v) is 6.34. The van der Waals surface area contributed by atoms with E-state index < -0.39 is 35.8 Å². The van der Waals surface area contributed by atoms with Crippen molar-refractivity contribution in [3.8, 4) is 22.6 Å². The highest BCUT2D eigenvalue weighted by atomic mass is 32.2. The van der Waals surface area contributed by atoms with Gasteiger partial charge < -0.3 is 31.1 Å². The number of aliphatic carboxylic acids is 2. The molecule has 2 amide bonds. The van der Waals surface area contributed by atoms with E-state index >= 15 is 0 Å². The minimum atomic E-state index is -1.25. The number of carbonyl (C=O) groups is 4. The summed E-state index contributed by atoms with van der Waals surface area (Å²) < 4.78 is 0. The summed E-state index contributed by atoms with van der Waals surface area (Å²) in [6.45, 7) is 0. The second kappa shape index (κ2) is 11.9. The monoisotopic (exact) mass is 512 g/mol. The van der Waals surface area contributed by atoms with Gasteiger partial charge in [0.1, 0.15) is 23.6 Å². The molecule has 0 saturated heterocycles. The highest BCUT2D eigenvalue weighted by Crippen LogP contribution is 2.37. The molecule has 0 spiro atoms. The van der Waals surface area contributed by atoms with Crippen molar-refractivity contribution in [3.63, 3.8) is 0 Å². The molecule has 36 heavy (non-hydrogen) atoms. The van der Waals surface area contributed by atoms with E-state index in [0.717, 1.165) is 23.9 Å². The van der Waals surface area contributed by atoms with E-state index in [1.165, 1.54) is 36.4 Å². The first-order chi connectivity index (χ1) is 17.1. The third kappa shape index (κ3) is 7.12. The van der Waals surface area contributed by atoms with Crippen molar-refractivity contribution >= 4 is 47.7 Å². The lowest BCUT2D eigenvalue weighted by molar-refractivity contribution is -0.141. The summed E-state index contributed by atoms with van der Waals surface area (Å²) in [6, 6.07) is 6.52. The van der Waals surface area contributed by atoms with Crippen molar-refractivity contribution in [1.29, 1.82) is 0 Å². The molecule has 3 rings (SSSR count). The number of amides is 2. The number of hydrogen-bond donors (Lipinski definition) is 6. The summed E-state index contributed by atoms with van der Waals surface area (Å²) in [6.07, 6.45) is 5.23. The molecule has 0 unspecified atom stereocenters. The zero-order valence-corrected chi connectivity index (χ0v) is 19.7. The molecule has 188 valence electrons. The number of rotatable bonds is 2. The van der Waals surface area contributed by atoms with Crippen LogP contribution in [0, 0.1) is 0 Å². The average molecular weight is 513 g/mol. The Kier molecular flexibility index (Phi) is 8.74. The van der Waals surface area contributed by atoms with Crippen LogP contribution < -0.4 is 10.6 Å². The van der Waals surface area contributed by atoms with Crippen LogP contribution in [0.3, 0.4) is 0 Å². The molecule has 4 bridgehead atoms. The van der Waals surface area contributed by atoms with E-state index in [1.807, 2.05) is 0 Å². The van der Waals surface area contributed by atoms with Gasteiger partial charge in [-0.3, -0.25) is 9.59 Å². The Hall–Kier alpha value is -4.25. The van der Waals surface area contributed by atoms with Gasteiger partial charge in [-0.2, -0.15) is 11.8 Å². The van der Waals surface area contributed by atoms with Crippen molar-refractivity contribution in [3.05, 3.63) is 59.7 Å². The molecule has 2 aromatic rings. The van der Waals surface area contributed by atoms with Crippen LogP contribution in [0.2, 0.25) is 0 Å². The molecular formula is C25H24N2O8S. The Balaban J connectivity index is 2.00. The van der Waals surface area contributed by atoms with Crippen molar-refractivity contribution in [2.45, 2.75) is 18.5 Å². The average Bonchev–Trinajstić information content (AvgIpc) is 2.83. The van der Waals surface area contributed by atoms with Gasteiger partial charge in [-0.15, -0.1) is 0 Å². The van der Waals surface area contributed by atoms with Crippen LogP contribution in [0.1, 0.15) is 17.5 Å². The quantitative estimate of drug-likeness (QED) is 0.352. The predicted molar refractivity (Wildman–Crippen MR) is 134 cm³/mol. The molecule has 0 aromatic heterocycles. The molecule has 0 fully saturated rings. The van der Waals surface area contributed by atoms with Gasteiger partial charge in [0.05, 0.1) is 0 Å². The minimum absolute atomic E-state index is 0.00756. The van der Waals surface area contributed by atoms with Gasteiger partial charge in [0.2, 0.25) is 11.8 Å². The van der Waals surface area contributed by atoms with Crippen molar-refractivity contribution in [2.75, 3.05) is 11.5 Å². The SMILES string of the molecule is O=C1/C=C/c2ccc(O)c(c2)-c2cc(ccc2O)/C=C/C(=O)N[C@H](C(=O)O)CSCC[C@@H](C(=O)O)N1. The maximum atomic E-state index is 12.3. The first-order valence-electron chi connectivity index (χ1n) is 10.8. The Morgan fingerprint density at radius 3 is 1.69 bits per heavy atom. The fraction of sp³-hybridized carbons (Fsp3) is 0.200. The first kappa shape index (κ1) is 26.4. The Morgan fingerprint density at radius 1 is 0.750 bits per heavy atom. The zero-order chi connectivity index (χ0) is 26.2. The molecule has 2 atom stereocenters. The first-order valence-corrected chi connectivity index (χ1v) is 12.0. The van der Waals surface area contributed by atoms with Gasteiger partial charge >= 0.3 is 11.9 Å². The molecule has 0 radical (unpaired) electrons. The normalized spacial score (nSPS) is 20.9. The van der Waals surface area contributed by atoms with Crippen LogP contribution in [0.25, 0.3) is 23.3 Å². The molecule has 1 aliphatic heterocycles. The molecule has 10 nitrogen and oxygen atoms in total. The number of nitrogens with one attached hydrogen (secondary N) is 2. The maximum Gasteiger partial charge on any atom is 0.327 e. The largest absolute Gasteiger partial charge is 0.507 e. The zero-order valence-electron chi connectivity index (χ0n) is 18.9. The van der Waals surface area contributed by atoms with E-state index in [0.29, 0.717) is 11.1 Å². The molecular weight excluding hydrogens is 488 g/mol. The number of aromatic hydroxyl groups is 2. The lowest BCUT2D eigenvalue weighted by Crippen LogP contribution is -2.42. The predicted octanol–water partition coefficient (Wildman–Crippen LogP) is 2.07. The number of carbonyl (C=O) groups excluding carboxylic acids is 2. The highest BCUT2D eigenvalue weighted by molar-refractivity contribution is 7.99. The fourth-order valence-electron chi connectivity index (χ4n) is 3.36. The minimum Gasteiger partial charge on any atom is -0.507 e. The molecule has 11 heteroatoms. The van der Waals surface area contributed by atoms with E-state index in [-0.39, 0.29) is 40.6 Å². The van der Waals surface area contributed by atoms with E-state index in [2.05, 4.69) is 10.6 Å². The summed E-state index contributed by atoms with van der Waals surface area (Å²) in [5.74, 6) is -3.85. The Morgan fingerprint density at radius 2 is 1.22 bits per heavy atom. The van der Waals surface area contributed by atoms with Crippen LogP contribution in [-0.4, -0.2) is 67.8 Å². The van der Waals surface area contributed by atoms with Crippen molar-refractivity contribution in [1.82, 2.24) is 10.6 Å². The molecule has 0 saturated carbocycles. The summed E-state index contributed by atoms with van der Waals surface area (Å²) >= 11 is 1.13. The lowest BCUT2D eigenvalue weighted by Gasteiger charge is -2.15. The van der Waals surface area contributed by atoms with Crippen LogP contribution in [0.15, 0.2) is 48.6 Å². The standard InChI is InChI=1S/C25H24N2O8S/c28-20-5-1-14-3-7-22(30)26-18(24(32)33)9-10-36-13-19(25(34)35)27-23(31)8-4-15-2-6-21(29)17(12-15)16(20)11-14/h1-8,11-12,18-19,28-29H,9-10,13H2,(H,26,30)(H,27,31)(H,32,33)(H,34,35)/b7-3+,8-4+/t18-,19-/m0/s1. The van der Waals surface area contributed by atoms with Crippen LogP contribution >= 0.6 is 11.8 Å². The van der Waals surface area contributed by atoms with Gasteiger partial charge in [0.25, 0.3) is 0 Å². The van der Waals surface area contributed by atoms with Gasteiger partial charge in [-0.05, 0) is 59.7 Å². The molecule has 6 N–H and O–H groups in total. The smallest absolute Gasteiger partial charge is 0.327 e. The number of carboxylic acids is 2. The third-order valence-electron chi connectivity index (χ3n) is 5.25. The molecule has 1 heterocycles. The van der Waals surface area contributed by atoms with Crippen LogP contribution in [-0.2, 0) is 19.2 Å². The Bertz CT molecular complexity index is 1150. The lowest BCUT2D eigenvalue weighted by atomic mass is 9.98. The summed E-state index contributed by atoms with van der Waals surface area (Å²) in [5, 5.41) is 44.4. The van der Waals surface area contributed by atoms with E-state index in [9.17, 15) is 39.6 Å². The summed E-state index contributed by atoms with van der Waals surface area (Å²) in [7, 11) is 0. The molecule has 1 aliphatic rings. The number of hydrogen-bond acceptors (Lipinski definition) is 7. The van der Waals surface area contributed by atoms with Gasteiger partial charge in [-0.1, -0.05) is 12.1 Å². The fourth-order valence-corrected chi connectivity index (χ4v) is 4.39. The Labute approximate surface area is 210 Å². The molecule has 2 aromatic carbocycles. The number of benzene rings is 2. The van der Waals surface area contributed by atoms with Gasteiger partial charge in [-0.25, -0.2) is 9.59 Å². The number of carboxylic acid groups (broad SMARTS) is 2.